The monoisotopic (exact) mass is 405 g/mol. The fourth-order valence-electron chi connectivity index (χ4n) is 1.07. The Morgan fingerprint density at radius 1 is 1.15 bits per heavy atom. The molecule has 0 aliphatic rings. The van der Waals surface area contributed by atoms with Crippen molar-refractivity contribution in [1.82, 2.24) is 0 Å². The predicted octanol–water partition coefficient (Wildman–Crippen LogP) is -0.812. The maximum atomic E-state index is 6.83. The molecule has 0 fully saturated rings. The molecule has 1 unspecified atom stereocenters. The second-order valence-electron chi connectivity index (χ2n) is 3.96. The second-order valence-corrected chi connectivity index (χ2v) is 4.96. The Morgan fingerprint density at radius 3 is 2.00 bits per heavy atom. The summed E-state index contributed by atoms with van der Waals surface area (Å²) in [5.74, 6) is 0. The van der Waals surface area contributed by atoms with Crippen LogP contribution in [0.4, 0.5) is 0 Å². The molecule has 0 spiro atoms. The Labute approximate surface area is 158 Å². The standard InChI is InChI=1S/C9H7.C4H10N.C2H6Si.2ClH.Zr/c1-2-5-9-7-3-6-8(9)4-1;1-3-4(2)5;1-3-2;;;/h1-7H;4-5H,3H2,1-2H3;1-2H3;2*1H;/q2*-1;;;;+4/p-2. The number of benzene rings is 1. The van der Waals surface area contributed by atoms with Gasteiger partial charge in [-0.05, 0) is 0 Å². The van der Waals surface area contributed by atoms with Crippen LogP contribution in [0.25, 0.3) is 16.5 Å². The molecular weight excluding hydrogens is 384 g/mol. The zero-order chi connectivity index (χ0) is 13.1. The Kier molecular flexibility index (Phi) is 27.8. The van der Waals surface area contributed by atoms with Crippen molar-refractivity contribution < 1.29 is 51.0 Å². The number of rotatable bonds is 1. The molecule has 0 amide bonds. The molecule has 110 valence electrons. The van der Waals surface area contributed by atoms with Gasteiger partial charge in [0.25, 0.3) is 0 Å². The summed E-state index contributed by atoms with van der Waals surface area (Å²) in [6, 6.07) is 14.8. The van der Waals surface area contributed by atoms with Crippen molar-refractivity contribution in [2.75, 3.05) is 0 Å². The Bertz CT molecular complexity index is 364. The molecule has 1 atom stereocenters. The normalized spacial score (nSPS) is 9.25. The third-order valence-corrected chi connectivity index (χ3v) is 2.16. The van der Waals surface area contributed by atoms with Gasteiger partial charge < -0.3 is 30.5 Å². The number of hydrogen-bond donors (Lipinski definition) is 0. The molecule has 1 N–H and O–H groups in total. The van der Waals surface area contributed by atoms with Crippen LogP contribution in [-0.2, 0) is 26.2 Å². The minimum Gasteiger partial charge on any atom is -1.00 e. The van der Waals surface area contributed by atoms with Crippen LogP contribution in [-0.4, -0.2) is 15.6 Å². The Hall–Kier alpha value is 0.470. The molecule has 2 radical (unpaired) electrons. The van der Waals surface area contributed by atoms with Gasteiger partial charge in [-0.3, -0.25) is 0 Å². The number of fused-ring (bicyclic) bond motifs is 1. The van der Waals surface area contributed by atoms with E-state index in [1.165, 1.54) is 10.8 Å². The van der Waals surface area contributed by atoms with Gasteiger partial charge >= 0.3 is 26.2 Å². The van der Waals surface area contributed by atoms with E-state index in [4.69, 9.17) is 5.73 Å². The SMILES string of the molecule is CCC(C)[NH-].C[Si]C.[Cl-].[Cl-].[Zr+4].c1ccc2[cH-]ccc2c1. The van der Waals surface area contributed by atoms with Crippen molar-refractivity contribution in [3.63, 3.8) is 0 Å². The molecule has 0 aliphatic carbocycles. The first-order chi connectivity index (χ1) is 8.15. The van der Waals surface area contributed by atoms with Gasteiger partial charge in [-0.25, -0.2) is 0 Å². The van der Waals surface area contributed by atoms with Crippen LogP contribution in [0.1, 0.15) is 20.3 Å². The van der Waals surface area contributed by atoms with Crippen LogP contribution in [0.15, 0.2) is 42.5 Å². The topological polar surface area (TPSA) is 23.8 Å². The molecule has 5 heteroatoms. The van der Waals surface area contributed by atoms with Crippen LogP contribution < -0.4 is 24.8 Å². The number of nitrogens with one attached hydrogen (secondary N) is 1. The first kappa shape index (κ1) is 28.6. The molecule has 0 aromatic heterocycles. The fourth-order valence-corrected chi connectivity index (χ4v) is 1.07. The molecule has 0 saturated carbocycles. The van der Waals surface area contributed by atoms with Crippen molar-refractivity contribution in [3.8, 4) is 0 Å². The second kappa shape index (κ2) is 19.5. The van der Waals surface area contributed by atoms with Crippen molar-refractivity contribution in [2.24, 2.45) is 0 Å². The average Bonchev–Trinajstić information content (AvgIpc) is 2.78. The Morgan fingerprint density at radius 2 is 1.60 bits per heavy atom. The summed E-state index contributed by atoms with van der Waals surface area (Å²) < 4.78 is 0. The van der Waals surface area contributed by atoms with Crippen LogP contribution in [0.2, 0.25) is 13.1 Å². The van der Waals surface area contributed by atoms with E-state index in [1.807, 2.05) is 13.8 Å². The summed E-state index contributed by atoms with van der Waals surface area (Å²) in [6.07, 6.45) is 0.972. The van der Waals surface area contributed by atoms with Crippen LogP contribution in [0, 0.1) is 0 Å². The van der Waals surface area contributed by atoms with E-state index >= 15 is 0 Å². The van der Waals surface area contributed by atoms with Gasteiger partial charge in [0, 0.05) is 9.52 Å². The summed E-state index contributed by atoms with van der Waals surface area (Å²) >= 11 is 0. The van der Waals surface area contributed by atoms with Crippen molar-refractivity contribution >= 4 is 20.3 Å². The van der Waals surface area contributed by atoms with Crippen molar-refractivity contribution in [3.05, 3.63) is 48.2 Å². The first-order valence-electron chi connectivity index (χ1n) is 6.05. The summed E-state index contributed by atoms with van der Waals surface area (Å²) in [7, 11) is 1.08. The summed E-state index contributed by atoms with van der Waals surface area (Å²) in [4.78, 5) is 0. The van der Waals surface area contributed by atoms with Gasteiger partial charge in [-0.1, -0.05) is 39.4 Å². The molecule has 20 heavy (non-hydrogen) atoms. The maximum Gasteiger partial charge on any atom is 4.00 e. The zero-order valence-electron chi connectivity index (χ0n) is 12.6. The van der Waals surface area contributed by atoms with Gasteiger partial charge in [0.1, 0.15) is 0 Å². The Balaban J connectivity index is -0.000000103. The average molecular weight is 408 g/mol. The summed E-state index contributed by atoms with van der Waals surface area (Å²) in [5.41, 5.74) is 6.83. The van der Waals surface area contributed by atoms with E-state index in [0.717, 1.165) is 15.9 Å². The van der Waals surface area contributed by atoms with Crippen molar-refractivity contribution in [2.45, 2.75) is 39.4 Å². The van der Waals surface area contributed by atoms with E-state index in [0.29, 0.717) is 0 Å². The van der Waals surface area contributed by atoms with E-state index < -0.39 is 0 Å². The minimum atomic E-state index is 0. The van der Waals surface area contributed by atoms with Crippen LogP contribution in [0.3, 0.4) is 0 Å². The van der Waals surface area contributed by atoms with Crippen LogP contribution in [0.5, 0.6) is 0 Å². The fraction of sp³-hybridized carbons (Fsp3) is 0.400. The molecule has 0 saturated heterocycles. The first-order valence-corrected chi connectivity index (χ1v) is 8.05. The largest absolute Gasteiger partial charge is 4.00 e. The van der Waals surface area contributed by atoms with E-state index in [9.17, 15) is 0 Å². The molecule has 1 nitrogen and oxygen atoms in total. The van der Waals surface area contributed by atoms with Gasteiger partial charge in [0.15, 0.2) is 0 Å². The molecule has 0 heterocycles. The van der Waals surface area contributed by atoms with Gasteiger partial charge in [-0.15, -0.1) is 35.7 Å². The number of hydrogen-bond acceptors (Lipinski definition) is 0. The summed E-state index contributed by atoms with van der Waals surface area (Å²) in [5, 5.41) is 2.66. The molecule has 2 aromatic carbocycles. The molecular formula is C15H23Cl2NSiZr. The quantitative estimate of drug-likeness (QED) is 0.436. The molecule has 0 aliphatic heterocycles. The van der Waals surface area contributed by atoms with Gasteiger partial charge in [0.05, 0.1) is 0 Å². The molecule has 2 aromatic rings. The van der Waals surface area contributed by atoms with E-state index in [-0.39, 0.29) is 57.1 Å². The minimum absolute atomic E-state index is 0. The predicted molar refractivity (Wildman–Crippen MR) is 81.1 cm³/mol. The molecule has 0 bridgehead atoms. The maximum absolute atomic E-state index is 6.83. The molecule has 2 rings (SSSR count). The number of halogens is 2. The smallest absolute Gasteiger partial charge is 1.00 e. The van der Waals surface area contributed by atoms with Crippen LogP contribution >= 0.6 is 0 Å². The van der Waals surface area contributed by atoms with Crippen molar-refractivity contribution in [1.29, 1.82) is 0 Å². The summed E-state index contributed by atoms with van der Waals surface area (Å²) in [6.45, 7) is 8.21. The van der Waals surface area contributed by atoms with E-state index in [1.54, 1.807) is 0 Å². The van der Waals surface area contributed by atoms with E-state index in [2.05, 4.69) is 55.6 Å². The third kappa shape index (κ3) is 14.9. The van der Waals surface area contributed by atoms with Gasteiger partial charge in [-0.2, -0.15) is 17.5 Å². The zero-order valence-corrected chi connectivity index (χ0v) is 17.6. The van der Waals surface area contributed by atoms with Gasteiger partial charge in [0.2, 0.25) is 0 Å². The third-order valence-electron chi connectivity index (χ3n) is 2.16.